The summed E-state index contributed by atoms with van der Waals surface area (Å²) in [5, 5.41) is 1.16. The molecular formula is C18H15Cl2N3O. The third-order valence-electron chi connectivity index (χ3n) is 3.55. The van der Waals surface area contributed by atoms with Crippen LogP contribution in [0.4, 0.5) is 5.82 Å². The van der Waals surface area contributed by atoms with E-state index in [0.717, 1.165) is 16.7 Å². The van der Waals surface area contributed by atoms with E-state index in [9.17, 15) is 0 Å². The molecule has 0 saturated heterocycles. The van der Waals surface area contributed by atoms with Crippen LogP contribution in [0.15, 0.2) is 55.0 Å². The van der Waals surface area contributed by atoms with E-state index in [4.69, 9.17) is 33.7 Å². The molecule has 4 nitrogen and oxygen atoms in total. The molecule has 0 spiro atoms. The lowest BCUT2D eigenvalue weighted by molar-refractivity contribution is 0.226. The molecule has 1 atom stereocenters. The number of nitrogens with two attached hydrogens (primary N) is 1. The van der Waals surface area contributed by atoms with Crippen LogP contribution in [0.3, 0.4) is 0 Å². The molecule has 122 valence electrons. The average Bonchev–Trinajstić information content (AvgIpc) is 2.55. The Balaban J connectivity index is 1.82. The lowest BCUT2D eigenvalue weighted by Gasteiger charge is -2.17. The van der Waals surface area contributed by atoms with E-state index in [1.165, 1.54) is 0 Å². The number of hydrogen-bond donors (Lipinski definition) is 1. The Hall–Kier alpha value is -2.30. The highest BCUT2D eigenvalue weighted by atomic mass is 35.5. The number of anilines is 1. The molecule has 0 aliphatic rings. The Bertz CT molecular complexity index is 853. The fraction of sp³-hybridized carbons (Fsp3) is 0.111. The first-order valence-electron chi connectivity index (χ1n) is 7.31. The third kappa shape index (κ3) is 3.78. The van der Waals surface area contributed by atoms with Gasteiger partial charge in [-0.15, -0.1) is 0 Å². The highest BCUT2D eigenvalue weighted by Crippen LogP contribution is 2.30. The van der Waals surface area contributed by atoms with Crippen LogP contribution in [0, 0.1) is 0 Å². The molecule has 2 N–H and O–H groups in total. The minimum atomic E-state index is -0.239. The number of nitrogen functional groups attached to an aromatic ring is 1. The summed E-state index contributed by atoms with van der Waals surface area (Å²) in [6.45, 7) is 1.92. The van der Waals surface area contributed by atoms with Crippen LogP contribution in [0.25, 0.3) is 11.1 Å². The molecule has 2 aromatic heterocycles. The average molecular weight is 360 g/mol. The molecule has 0 bridgehead atoms. The molecule has 0 amide bonds. The largest absolute Gasteiger partial charge is 0.484 e. The summed E-state index contributed by atoms with van der Waals surface area (Å²) in [5.41, 5.74) is 8.29. The smallest absolute Gasteiger partial charge is 0.139 e. The Morgan fingerprint density at radius 1 is 1.00 bits per heavy atom. The van der Waals surface area contributed by atoms with Gasteiger partial charge < -0.3 is 10.5 Å². The molecule has 1 aromatic carbocycles. The highest BCUT2D eigenvalue weighted by Gasteiger charge is 2.12. The number of pyridine rings is 2. The fourth-order valence-electron chi connectivity index (χ4n) is 2.32. The van der Waals surface area contributed by atoms with Gasteiger partial charge in [-0.25, -0.2) is 4.98 Å². The number of benzene rings is 1. The highest BCUT2D eigenvalue weighted by molar-refractivity contribution is 6.35. The zero-order valence-corrected chi connectivity index (χ0v) is 14.4. The van der Waals surface area contributed by atoms with Crippen molar-refractivity contribution in [3.05, 3.63) is 70.6 Å². The fourth-order valence-corrected chi connectivity index (χ4v) is 2.88. The third-order valence-corrected chi connectivity index (χ3v) is 4.11. The Morgan fingerprint density at radius 3 is 2.54 bits per heavy atom. The first-order chi connectivity index (χ1) is 11.5. The van der Waals surface area contributed by atoms with Crippen molar-refractivity contribution in [2.75, 3.05) is 5.73 Å². The van der Waals surface area contributed by atoms with Crippen LogP contribution < -0.4 is 10.5 Å². The van der Waals surface area contributed by atoms with Crippen molar-refractivity contribution in [1.82, 2.24) is 9.97 Å². The monoisotopic (exact) mass is 359 g/mol. The van der Waals surface area contributed by atoms with Gasteiger partial charge in [-0.2, -0.15) is 0 Å². The summed E-state index contributed by atoms with van der Waals surface area (Å²) >= 11 is 12.2. The Labute approximate surface area is 150 Å². The van der Waals surface area contributed by atoms with Crippen molar-refractivity contribution >= 4 is 29.0 Å². The van der Waals surface area contributed by atoms with Crippen LogP contribution in [-0.2, 0) is 0 Å². The molecular weight excluding hydrogens is 345 g/mol. The van der Waals surface area contributed by atoms with Crippen LogP contribution in [0.1, 0.15) is 18.6 Å². The van der Waals surface area contributed by atoms with Gasteiger partial charge >= 0.3 is 0 Å². The number of aromatic nitrogens is 2. The predicted molar refractivity (Wildman–Crippen MR) is 97.4 cm³/mol. The lowest BCUT2D eigenvalue weighted by atomic mass is 10.1. The minimum absolute atomic E-state index is 0.239. The summed E-state index contributed by atoms with van der Waals surface area (Å²) in [7, 11) is 0. The first kappa shape index (κ1) is 16.6. The predicted octanol–water partition coefficient (Wildman–Crippen LogP) is 5.17. The van der Waals surface area contributed by atoms with E-state index < -0.39 is 0 Å². The molecule has 0 saturated carbocycles. The molecule has 3 aromatic rings. The normalized spacial score (nSPS) is 12.0. The summed E-state index contributed by atoms with van der Waals surface area (Å²) in [5.74, 6) is 1.12. The van der Waals surface area contributed by atoms with E-state index >= 15 is 0 Å². The standard InChI is InChI=1S/C18H15Cl2N3O/c1-11(16-4-3-14(19)7-17(16)20)24-15-6-13(8-22-10-15)12-2-5-18(21)23-9-12/h2-11H,1H3,(H2,21,23). The van der Waals surface area contributed by atoms with Crippen molar-refractivity contribution < 1.29 is 4.74 Å². The maximum Gasteiger partial charge on any atom is 0.139 e. The second-order valence-electron chi connectivity index (χ2n) is 5.31. The van der Waals surface area contributed by atoms with Gasteiger partial charge in [-0.3, -0.25) is 4.98 Å². The Kier molecular flexibility index (Phi) is 4.88. The second kappa shape index (κ2) is 7.07. The summed E-state index contributed by atoms with van der Waals surface area (Å²) in [4.78, 5) is 8.32. The molecule has 0 aliphatic carbocycles. The number of nitrogens with zero attached hydrogens (tertiary/aromatic N) is 2. The van der Waals surface area contributed by atoms with Gasteiger partial charge in [0.25, 0.3) is 0 Å². The molecule has 0 radical (unpaired) electrons. The Morgan fingerprint density at radius 2 is 1.83 bits per heavy atom. The van der Waals surface area contributed by atoms with Crippen molar-refractivity contribution in [3.63, 3.8) is 0 Å². The van der Waals surface area contributed by atoms with Crippen LogP contribution in [0.2, 0.25) is 10.0 Å². The molecule has 24 heavy (non-hydrogen) atoms. The van der Waals surface area contributed by atoms with E-state index in [2.05, 4.69) is 9.97 Å². The van der Waals surface area contributed by atoms with Crippen molar-refractivity contribution in [1.29, 1.82) is 0 Å². The summed E-state index contributed by atoms with van der Waals surface area (Å²) < 4.78 is 5.97. The van der Waals surface area contributed by atoms with E-state index in [0.29, 0.717) is 21.6 Å². The topological polar surface area (TPSA) is 61.0 Å². The molecule has 3 rings (SSSR count). The maximum atomic E-state index is 6.23. The zero-order valence-electron chi connectivity index (χ0n) is 12.9. The van der Waals surface area contributed by atoms with Gasteiger partial charge in [-0.1, -0.05) is 29.3 Å². The number of ether oxygens (including phenoxy) is 1. The first-order valence-corrected chi connectivity index (χ1v) is 8.07. The molecule has 1 unspecified atom stereocenters. The van der Waals surface area contributed by atoms with Gasteiger partial charge in [0.15, 0.2) is 0 Å². The van der Waals surface area contributed by atoms with Gasteiger partial charge in [0.2, 0.25) is 0 Å². The minimum Gasteiger partial charge on any atom is -0.484 e. The van der Waals surface area contributed by atoms with Gasteiger partial charge in [0, 0.05) is 39.1 Å². The molecule has 2 heterocycles. The van der Waals surface area contributed by atoms with Crippen LogP contribution in [-0.4, -0.2) is 9.97 Å². The summed E-state index contributed by atoms with van der Waals surface area (Å²) in [6, 6.07) is 10.9. The van der Waals surface area contributed by atoms with Gasteiger partial charge in [0.1, 0.15) is 17.7 Å². The van der Waals surface area contributed by atoms with Crippen molar-refractivity contribution in [3.8, 4) is 16.9 Å². The van der Waals surface area contributed by atoms with Crippen molar-refractivity contribution in [2.45, 2.75) is 13.0 Å². The number of hydrogen-bond acceptors (Lipinski definition) is 4. The zero-order chi connectivity index (χ0) is 17.1. The molecule has 6 heteroatoms. The lowest BCUT2D eigenvalue weighted by Crippen LogP contribution is -2.04. The van der Waals surface area contributed by atoms with Gasteiger partial charge in [0.05, 0.1) is 6.20 Å². The quantitative estimate of drug-likeness (QED) is 0.697. The number of rotatable bonds is 4. The second-order valence-corrected chi connectivity index (χ2v) is 6.15. The van der Waals surface area contributed by atoms with E-state index in [1.54, 1.807) is 36.8 Å². The van der Waals surface area contributed by atoms with E-state index in [-0.39, 0.29) is 6.10 Å². The SMILES string of the molecule is CC(Oc1cncc(-c2ccc(N)nc2)c1)c1ccc(Cl)cc1Cl. The van der Waals surface area contributed by atoms with Crippen LogP contribution in [0.5, 0.6) is 5.75 Å². The maximum absolute atomic E-state index is 6.23. The molecule has 0 aliphatic heterocycles. The van der Waals surface area contributed by atoms with Crippen molar-refractivity contribution in [2.24, 2.45) is 0 Å². The van der Waals surface area contributed by atoms with E-state index in [1.807, 2.05) is 25.1 Å². The van der Waals surface area contributed by atoms with Gasteiger partial charge in [-0.05, 0) is 37.3 Å². The van der Waals surface area contributed by atoms with Crippen LogP contribution >= 0.6 is 23.2 Å². The molecule has 0 fully saturated rings. The number of halogens is 2. The summed E-state index contributed by atoms with van der Waals surface area (Å²) in [6.07, 6.45) is 4.88.